The number of rotatable bonds is 6. The second-order valence-corrected chi connectivity index (χ2v) is 5.00. The molecule has 0 saturated heterocycles. The molecule has 1 rings (SSSR count). The van der Waals surface area contributed by atoms with Gasteiger partial charge in [0, 0.05) is 24.1 Å². The highest BCUT2D eigenvalue weighted by atomic mass is 35.5. The molecule has 0 heterocycles. The van der Waals surface area contributed by atoms with Crippen LogP contribution in [0.15, 0.2) is 30.3 Å². The third kappa shape index (κ3) is 5.25. The third-order valence-corrected chi connectivity index (χ3v) is 3.00. The van der Waals surface area contributed by atoms with Gasteiger partial charge >= 0.3 is 7.82 Å². The zero-order chi connectivity index (χ0) is 13.6. The van der Waals surface area contributed by atoms with E-state index >= 15 is 0 Å². The summed E-state index contributed by atoms with van der Waals surface area (Å²) < 4.78 is 20.6. The lowest BCUT2D eigenvalue weighted by atomic mass is 10.3. The summed E-state index contributed by atoms with van der Waals surface area (Å²) in [6, 6.07) is 7.81. The normalized spacial score (nSPS) is 13.7. The molecular formula is C9H10Cl2NO5P. The molecule has 9 heteroatoms. The predicted molar refractivity (Wildman–Crippen MR) is 66.0 cm³/mol. The van der Waals surface area contributed by atoms with Gasteiger partial charge in [-0.25, -0.2) is 4.57 Å². The van der Waals surface area contributed by atoms with Crippen LogP contribution < -0.4 is 4.52 Å². The molecule has 0 radical (unpaired) electrons. The first-order chi connectivity index (χ1) is 8.44. The van der Waals surface area contributed by atoms with Gasteiger partial charge in [-0.2, -0.15) is 0 Å². The number of phosphoric acid groups is 1. The summed E-state index contributed by atoms with van der Waals surface area (Å²) in [6.07, 6.45) is -0.129. The molecule has 1 N–H and O–H groups in total. The van der Waals surface area contributed by atoms with Crippen molar-refractivity contribution < 1.29 is 23.4 Å². The average Bonchev–Trinajstić information content (AvgIpc) is 2.29. The molecule has 1 aromatic rings. The number of nitrogens with zero attached hydrogens (tertiary/aromatic N) is 1. The largest absolute Gasteiger partial charge is 0.550 e. The second-order valence-electron chi connectivity index (χ2n) is 3.03. The minimum atomic E-state index is -4.52. The van der Waals surface area contributed by atoms with Gasteiger partial charge in [-0.15, -0.1) is 20.8 Å². The van der Waals surface area contributed by atoms with E-state index in [1.165, 1.54) is 12.1 Å². The van der Waals surface area contributed by atoms with Crippen molar-refractivity contribution in [2.24, 2.45) is 0 Å². The number of para-hydroxylation sites is 1. The fraction of sp³-hybridized carbons (Fsp3) is 0.222. The summed E-state index contributed by atoms with van der Waals surface area (Å²) in [6.45, 7) is 0. The summed E-state index contributed by atoms with van der Waals surface area (Å²) >= 11 is 10.7. The van der Waals surface area contributed by atoms with Gasteiger partial charge in [0.25, 0.3) is 5.91 Å². The fourth-order valence-electron chi connectivity index (χ4n) is 0.936. The van der Waals surface area contributed by atoms with Crippen LogP contribution in [0.25, 0.3) is 0 Å². The Labute approximate surface area is 114 Å². The van der Waals surface area contributed by atoms with Crippen molar-refractivity contribution in [3.05, 3.63) is 30.3 Å². The first-order valence-corrected chi connectivity index (χ1v) is 7.13. The molecule has 0 fully saturated rings. The molecule has 1 aromatic carbocycles. The number of carbonyl (C=O) groups excluding carboxylic acids is 1. The van der Waals surface area contributed by atoms with Crippen LogP contribution in [0.2, 0.25) is 0 Å². The molecule has 1 amide bonds. The van der Waals surface area contributed by atoms with E-state index in [4.69, 9.17) is 23.4 Å². The standard InChI is InChI=1S/C9H10Cl2NO5P/c10-7-6-9(13)12(11)17-18(14,15)16-8-4-2-1-3-5-8/h1-5H,6-7H2,(H,14,15). The van der Waals surface area contributed by atoms with Crippen molar-refractivity contribution in [3.63, 3.8) is 0 Å². The van der Waals surface area contributed by atoms with Crippen molar-refractivity contribution in [2.45, 2.75) is 6.42 Å². The maximum Gasteiger partial charge on any atom is 0.550 e. The quantitative estimate of drug-likeness (QED) is 0.378. The molecule has 0 saturated carbocycles. The number of hydrogen-bond donors (Lipinski definition) is 1. The summed E-state index contributed by atoms with van der Waals surface area (Å²) in [5, 5.41) is 0. The van der Waals surface area contributed by atoms with Crippen LogP contribution in [-0.2, 0) is 14.0 Å². The molecule has 0 spiro atoms. The Morgan fingerprint density at radius 2 is 2.00 bits per heavy atom. The molecule has 18 heavy (non-hydrogen) atoms. The Hall–Kier alpha value is -0.780. The van der Waals surface area contributed by atoms with Crippen LogP contribution in [0.5, 0.6) is 5.75 Å². The smallest absolute Gasteiger partial charge is 0.403 e. The van der Waals surface area contributed by atoms with Crippen molar-refractivity contribution in [1.29, 1.82) is 0 Å². The van der Waals surface area contributed by atoms with Crippen LogP contribution in [0, 0.1) is 0 Å². The summed E-state index contributed by atoms with van der Waals surface area (Å²) in [4.78, 5) is 20.5. The lowest BCUT2D eigenvalue weighted by molar-refractivity contribution is -0.143. The van der Waals surface area contributed by atoms with Gasteiger partial charge in [0.05, 0.1) is 0 Å². The van der Waals surface area contributed by atoms with E-state index in [1.54, 1.807) is 18.2 Å². The lowest BCUT2D eigenvalue weighted by Crippen LogP contribution is -2.21. The van der Waals surface area contributed by atoms with Gasteiger partial charge in [0.1, 0.15) is 5.75 Å². The van der Waals surface area contributed by atoms with E-state index in [2.05, 4.69) is 9.15 Å². The lowest BCUT2D eigenvalue weighted by Gasteiger charge is -2.16. The van der Waals surface area contributed by atoms with E-state index in [-0.39, 0.29) is 22.6 Å². The van der Waals surface area contributed by atoms with Gasteiger partial charge < -0.3 is 4.52 Å². The van der Waals surface area contributed by atoms with Gasteiger partial charge in [0.2, 0.25) is 0 Å². The van der Waals surface area contributed by atoms with E-state index < -0.39 is 13.7 Å². The van der Waals surface area contributed by atoms with Crippen molar-refractivity contribution >= 4 is 37.1 Å². The molecule has 100 valence electrons. The first kappa shape index (κ1) is 15.3. The number of hydrogen-bond acceptors (Lipinski definition) is 4. The Bertz CT molecular complexity index is 444. The van der Waals surface area contributed by atoms with Crippen LogP contribution in [0.3, 0.4) is 0 Å². The highest BCUT2D eigenvalue weighted by Crippen LogP contribution is 2.45. The number of amides is 1. The summed E-state index contributed by atoms with van der Waals surface area (Å²) in [5.74, 6) is -0.628. The van der Waals surface area contributed by atoms with Crippen LogP contribution in [0.4, 0.5) is 0 Å². The molecule has 6 nitrogen and oxygen atoms in total. The number of benzene rings is 1. The molecule has 0 aliphatic carbocycles. The third-order valence-electron chi connectivity index (χ3n) is 1.64. The zero-order valence-corrected chi connectivity index (χ0v) is 11.4. The highest BCUT2D eigenvalue weighted by molar-refractivity contribution is 7.47. The Kier molecular flexibility index (Phi) is 5.91. The number of phosphoric ester groups is 1. The molecule has 0 aliphatic rings. The molecule has 0 bridgehead atoms. The van der Waals surface area contributed by atoms with Crippen molar-refractivity contribution in [2.75, 3.05) is 5.88 Å². The van der Waals surface area contributed by atoms with Crippen molar-refractivity contribution in [3.8, 4) is 5.75 Å². The van der Waals surface area contributed by atoms with Crippen LogP contribution >= 0.6 is 31.2 Å². The minimum absolute atomic E-state index is 0.0146. The second kappa shape index (κ2) is 6.97. The van der Waals surface area contributed by atoms with Gasteiger partial charge in [-0.1, -0.05) is 18.2 Å². The van der Waals surface area contributed by atoms with Gasteiger partial charge in [0.15, 0.2) is 0 Å². The molecule has 0 aromatic heterocycles. The molecule has 0 aliphatic heterocycles. The first-order valence-electron chi connectivity index (χ1n) is 4.76. The number of hydroxylamine groups is 1. The van der Waals surface area contributed by atoms with Crippen LogP contribution in [0.1, 0.15) is 6.42 Å². The molecule has 1 atom stereocenters. The summed E-state index contributed by atoms with van der Waals surface area (Å²) in [7, 11) is -4.52. The van der Waals surface area contributed by atoms with Gasteiger partial charge in [-0.3, -0.25) is 9.69 Å². The van der Waals surface area contributed by atoms with Gasteiger partial charge in [-0.05, 0) is 12.1 Å². The van der Waals surface area contributed by atoms with E-state index in [0.29, 0.717) is 0 Å². The predicted octanol–water partition coefficient (Wildman–Crippen LogP) is 2.71. The monoisotopic (exact) mass is 313 g/mol. The Morgan fingerprint density at radius 3 is 2.56 bits per heavy atom. The SMILES string of the molecule is O=C(CCCl)N(Cl)OP(=O)(O)Oc1ccccc1. The minimum Gasteiger partial charge on any atom is -0.403 e. The maximum atomic E-state index is 11.5. The average molecular weight is 314 g/mol. The number of carbonyl (C=O) groups is 1. The maximum absolute atomic E-state index is 11.5. The number of halogens is 2. The topological polar surface area (TPSA) is 76.1 Å². The Morgan fingerprint density at radius 1 is 1.39 bits per heavy atom. The van der Waals surface area contributed by atoms with E-state index in [0.717, 1.165) is 0 Å². The van der Waals surface area contributed by atoms with Crippen LogP contribution in [-0.4, -0.2) is 21.3 Å². The molecule has 1 unspecified atom stereocenters. The van der Waals surface area contributed by atoms with Crippen molar-refractivity contribution in [1.82, 2.24) is 4.58 Å². The van der Waals surface area contributed by atoms with E-state index in [1.807, 2.05) is 0 Å². The zero-order valence-electron chi connectivity index (χ0n) is 9.03. The van der Waals surface area contributed by atoms with E-state index in [9.17, 15) is 14.3 Å². The highest BCUT2D eigenvalue weighted by Gasteiger charge is 2.29. The fourth-order valence-corrected chi connectivity index (χ4v) is 2.11. The summed E-state index contributed by atoms with van der Waals surface area (Å²) in [5.41, 5.74) is 0. The Balaban J connectivity index is 2.59. The number of alkyl halides is 1. The molecular weight excluding hydrogens is 304 g/mol.